The van der Waals surface area contributed by atoms with Crippen LogP contribution in [-0.4, -0.2) is 23.0 Å². The highest BCUT2D eigenvalue weighted by Gasteiger charge is 2.08. The molecule has 5 heteroatoms. The lowest BCUT2D eigenvalue weighted by Gasteiger charge is -2.05. The van der Waals surface area contributed by atoms with E-state index in [0.717, 1.165) is 0 Å². The summed E-state index contributed by atoms with van der Waals surface area (Å²) in [5.41, 5.74) is 10.2. The molecule has 0 radical (unpaired) electrons. The largest absolute Gasteiger partial charge is 0.481 e. The predicted molar refractivity (Wildman–Crippen MR) is 38.7 cm³/mol. The molecule has 0 heterocycles. The van der Waals surface area contributed by atoms with E-state index in [-0.39, 0.29) is 12.8 Å². The highest BCUT2D eigenvalue weighted by Crippen LogP contribution is 1.97. The van der Waals surface area contributed by atoms with Crippen molar-refractivity contribution in [2.45, 2.75) is 25.3 Å². The van der Waals surface area contributed by atoms with E-state index >= 15 is 0 Å². The quantitative estimate of drug-likeness (QED) is 0.482. The van der Waals surface area contributed by atoms with Gasteiger partial charge in [0.25, 0.3) is 0 Å². The molecule has 0 aliphatic rings. The second kappa shape index (κ2) is 4.68. The van der Waals surface area contributed by atoms with E-state index in [4.69, 9.17) is 16.6 Å². The highest BCUT2D eigenvalue weighted by molar-refractivity contribution is 5.74. The van der Waals surface area contributed by atoms with E-state index in [1.54, 1.807) is 0 Å². The van der Waals surface area contributed by atoms with Gasteiger partial charge >= 0.3 is 5.97 Å². The molecule has 0 unspecified atom stereocenters. The van der Waals surface area contributed by atoms with Crippen LogP contribution in [0.1, 0.15) is 19.3 Å². The first-order chi connectivity index (χ1) is 5.02. The number of hydrogen-bond acceptors (Lipinski definition) is 3. The maximum atomic E-state index is 10.2. The summed E-state index contributed by atoms with van der Waals surface area (Å²) in [4.78, 5) is 20.3. The fraction of sp³-hybridized carbons (Fsp3) is 0.667. The van der Waals surface area contributed by atoms with Crippen molar-refractivity contribution < 1.29 is 14.7 Å². The first-order valence-electron chi connectivity index (χ1n) is 3.28. The average Bonchev–Trinajstić information content (AvgIpc) is 1.82. The van der Waals surface area contributed by atoms with Crippen LogP contribution in [-0.2, 0) is 9.59 Å². The minimum absolute atomic E-state index is 0.118. The number of amides is 1. The number of rotatable bonds is 5. The third-order valence-electron chi connectivity index (χ3n) is 1.20. The van der Waals surface area contributed by atoms with Gasteiger partial charge in [0, 0.05) is 12.5 Å². The maximum Gasteiger partial charge on any atom is 0.304 e. The predicted octanol–water partition coefficient (Wildman–Crippen LogP) is -0.946. The number of carbonyl (C=O) groups is 2. The Hall–Kier alpha value is -1.10. The van der Waals surface area contributed by atoms with Crippen LogP contribution < -0.4 is 11.5 Å². The molecule has 64 valence electrons. The molecule has 0 rings (SSSR count). The topological polar surface area (TPSA) is 106 Å². The Bertz CT molecular complexity index is 158. The zero-order valence-electron chi connectivity index (χ0n) is 6.12. The van der Waals surface area contributed by atoms with Crippen molar-refractivity contribution in [1.82, 2.24) is 0 Å². The summed E-state index contributed by atoms with van der Waals surface area (Å²) < 4.78 is 0. The van der Waals surface area contributed by atoms with Crippen LogP contribution in [0.3, 0.4) is 0 Å². The number of carbonyl (C=O) groups excluding carboxylic acids is 1. The Morgan fingerprint density at radius 3 is 2.36 bits per heavy atom. The van der Waals surface area contributed by atoms with Gasteiger partial charge in [-0.3, -0.25) is 9.59 Å². The van der Waals surface area contributed by atoms with Gasteiger partial charge in [-0.15, -0.1) is 0 Å². The van der Waals surface area contributed by atoms with Crippen LogP contribution >= 0.6 is 0 Å². The standard InChI is InChI=1S/C6H12N2O3/c7-4(3-6(10)11)1-2-5(8)9/h4H,1-3,7H2,(H2,8,9)(H,10,11)/t4-/m1/s1. The Morgan fingerprint density at radius 1 is 1.45 bits per heavy atom. The van der Waals surface area contributed by atoms with Crippen molar-refractivity contribution in [2.75, 3.05) is 0 Å². The van der Waals surface area contributed by atoms with Gasteiger partial charge in [0.1, 0.15) is 0 Å². The van der Waals surface area contributed by atoms with Gasteiger partial charge in [-0.1, -0.05) is 0 Å². The molecule has 0 aromatic heterocycles. The van der Waals surface area contributed by atoms with Crippen molar-refractivity contribution >= 4 is 11.9 Å². The molecular formula is C6H12N2O3. The molecule has 1 amide bonds. The molecule has 5 N–H and O–H groups in total. The Labute approximate surface area is 64.4 Å². The highest BCUT2D eigenvalue weighted by atomic mass is 16.4. The normalized spacial score (nSPS) is 12.5. The molecule has 0 bridgehead atoms. The molecule has 0 spiro atoms. The summed E-state index contributed by atoms with van der Waals surface area (Å²) in [6.07, 6.45) is 0.364. The van der Waals surface area contributed by atoms with E-state index in [2.05, 4.69) is 0 Å². The number of primary amides is 1. The molecule has 0 saturated heterocycles. The van der Waals surface area contributed by atoms with Gasteiger partial charge in [-0.25, -0.2) is 0 Å². The number of nitrogens with two attached hydrogens (primary N) is 2. The Balaban J connectivity index is 3.44. The first kappa shape index (κ1) is 9.90. The Kier molecular flexibility index (Phi) is 4.21. The molecule has 1 atom stereocenters. The molecule has 0 aromatic carbocycles. The van der Waals surface area contributed by atoms with Crippen LogP contribution in [0.5, 0.6) is 0 Å². The fourth-order valence-electron chi connectivity index (χ4n) is 0.654. The minimum Gasteiger partial charge on any atom is -0.481 e. The fourth-order valence-corrected chi connectivity index (χ4v) is 0.654. The minimum atomic E-state index is -0.957. The lowest BCUT2D eigenvalue weighted by atomic mass is 10.1. The molecule has 5 nitrogen and oxygen atoms in total. The second-order valence-electron chi connectivity index (χ2n) is 2.36. The molecule has 11 heavy (non-hydrogen) atoms. The lowest BCUT2D eigenvalue weighted by molar-refractivity contribution is -0.137. The number of carboxylic acids is 1. The van der Waals surface area contributed by atoms with Gasteiger partial charge in [-0.2, -0.15) is 0 Å². The summed E-state index contributed by atoms with van der Waals surface area (Å²) >= 11 is 0. The summed E-state index contributed by atoms with van der Waals surface area (Å²) in [5.74, 6) is -1.41. The average molecular weight is 160 g/mol. The number of hydrogen-bond donors (Lipinski definition) is 3. The maximum absolute atomic E-state index is 10.2. The molecule has 0 saturated carbocycles. The Morgan fingerprint density at radius 2 is 2.00 bits per heavy atom. The smallest absolute Gasteiger partial charge is 0.304 e. The van der Waals surface area contributed by atoms with E-state index < -0.39 is 17.9 Å². The van der Waals surface area contributed by atoms with Crippen LogP contribution in [0.4, 0.5) is 0 Å². The molecule has 0 fully saturated rings. The van der Waals surface area contributed by atoms with E-state index in [9.17, 15) is 9.59 Å². The van der Waals surface area contributed by atoms with Gasteiger partial charge in [-0.05, 0) is 6.42 Å². The second-order valence-corrected chi connectivity index (χ2v) is 2.36. The van der Waals surface area contributed by atoms with Gasteiger partial charge in [0.2, 0.25) is 5.91 Å². The van der Waals surface area contributed by atoms with Crippen molar-refractivity contribution in [3.8, 4) is 0 Å². The summed E-state index contributed by atoms with van der Waals surface area (Å²) in [6.45, 7) is 0. The first-order valence-corrected chi connectivity index (χ1v) is 3.28. The number of carboxylic acid groups (broad SMARTS) is 1. The summed E-state index contributed by atoms with van der Waals surface area (Å²) in [6, 6.07) is -0.472. The van der Waals surface area contributed by atoms with E-state index in [0.29, 0.717) is 6.42 Å². The van der Waals surface area contributed by atoms with Gasteiger partial charge < -0.3 is 16.6 Å². The lowest BCUT2D eigenvalue weighted by Crippen LogP contribution is -2.25. The van der Waals surface area contributed by atoms with Crippen LogP contribution in [0, 0.1) is 0 Å². The summed E-state index contributed by atoms with van der Waals surface area (Å²) in [7, 11) is 0. The van der Waals surface area contributed by atoms with Gasteiger partial charge in [0.15, 0.2) is 0 Å². The van der Waals surface area contributed by atoms with Crippen molar-refractivity contribution in [3.63, 3.8) is 0 Å². The zero-order valence-corrected chi connectivity index (χ0v) is 6.12. The summed E-state index contributed by atoms with van der Waals surface area (Å²) in [5, 5.41) is 8.25. The molecule has 0 aliphatic heterocycles. The molecular weight excluding hydrogens is 148 g/mol. The number of aliphatic carboxylic acids is 1. The monoisotopic (exact) mass is 160 g/mol. The molecule has 0 aliphatic carbocycles. The SMILES string of the molecule is NC(=O)CC[C@@H](N)CC(=O)O. The van der Waals surface area contributed by atoms with Gasteiger partial charge in [0.05, 0.1) is 6.42 Å². The zero-order chi connectivity index (χ0) is 8.85. The van der Waals surface area contributed by atoms with Crippen LogP contribution in [0.2, 0.25) is 0 Å². The third kappa shape index (κ3) is 6.79. The van der Waals surface area contributed by atoms with Crippen molar-refractivity contribution in [1.29, 1.82) is 0 Å². The third-order valence-corrected chi connectivity index (χ3v) is 1.20. The van der Waals surface area contributed by atoms with Crippen LogP contribution in [0.15, 0.2) is 0 Å². The van der Waals surface area contributed by atoms with Crippen molar-refractivity contribution in [2.24, 2.45) is 11.5 Å². The van der Waals surface area contributed by atoms with Crippen molar-refractivity contribution in [3.05, 3.63) is 0 Å². The van der Waals surface area contributed by atoms with E-state index in [1.807, 2.05) is 0 Å². The van der Waals surface area contributed by atoms with Crippen LogP contribution in [0.25, 0.3) is 0 Å². The van der Waals surface area contributed by atoms with E-state index in [1.165, 1.54) is 0 Å². The molecule has 0 aromatic rings.